The lowest BCUT2D eigenvalue weighted by Crippen LogP contribution is -2.17. The highest BCUT2D eigenvalue weighted by atomic mass is 79.9. The number of hydrogen-bond donors (Lipinski definition) is 2. The molecule has 0 aliphatic rings. The Morgan fingerprint density at radius 3 is 1.57 bits per heavy atom. The number of nitrogens with two attached hydrogens (primary N) is 2. The molecule has 4 rings (SSSR count). The highest BCUT2D eigenvalue weighted by Gasteiger charge is 2.34. The van der Waals surface area contributed by atoms with Crippen LogP contribution in [0.4, 0.5) is 38.0 Å². The molecule has 0 fully saturated rings. The zero-order valence-electron chi connectivity index (χ0n) is 24.4. The number of alkyl halides is 6. The van der Waals surface area contributed by atoms with Crippen molar-refractivity contribution in [2.75, 3.05) is 23.0 Å². The number of anilines is 2. The van der Waals surface area contributed by atoms with E-state index in [1.165, 1.54) is 0 Å². The molecule has 2 unspecified atom stereocenters. The predicted molar refractivity (Wildman–Crippen MR) is 174 cm³/mol. The lowest BCUT2D eigenvalue weighted by Gasteiger charge is -2.13. The molecule has 0 saturated heterocycles. The molecular formula is C26H18BrCl3F6N8O3S2. The summed E-state index contributed by atoms with van der Waals surface area (Å²) in [6.45, 7) is 3.26. The Hall–Kier alpha value is -3.53. The van der Waals surface area contributed by atoms with Crippen molar-refractivity contribution in [3.05, 3.63) is 60.8 Å². The van der Waals surface area contributed by atoms with Gasteiger partial charge in [-0.3, -0.25) is 8.42 Å². The van der Waals surface area contributed by atoms with E-state index in [2.05, 4.69) is 30.9 Å². The molecule has 4 aromatic rings. The van der Waals surface area contributed by atoms with Crippen LogP contribution in [-0.4, -0.2) is 45.8 Å². The molecule has 2 atom stereocenters. The fraction of sp³-hybridized carbons (Fsp3) is 0.231. The van der Waals surface area contributed by atoms with E-state index in [-0.39, 0.29) is 75.2 Å². The number of aromatic nitrogens is 4. The molecular weight excluding hydrogens is 837 g/mol. The molecule has 262 valence electrons. The molecule has 0 saturated carbocycles. The molecule has 0 aliphatic carbocycles. The van der Waals surface area contributed by atoms with Gasteiger partial charge in [0.1, 0.15) is 45.0 Å². The molecule has 0 radical (unpaired) electrons. The van der Waals surface area contributed by atoms with Crippen LogP contribution in [0, 0.1) is 22.7 Å². The van der Waals surface area contributed by atoms with Gasteiger partial charge in [0.2, 0.25) is 0 Å². The van der Waals surface area contributed by atoms with Gasteiger partial charge in [0.15, 0.2) is 11.4 Å². The molecule has 0 amide bonds. The molecule has 23 heteroatoms. The van der Waals surface area contributed by atoms with Gasteiger partial charge in [-0.05, 0) is 28.1 Å². The van der Waals surface area contributed by atoms with Crippen molar-refractivity contribution < 1.29 is 39.5 Å². The quantitative estimate of drug-likeness (QED) is 0.178. The van der Waals surface area contributed by atoms with Crippen LogP contribution in [0.5, 0.6) is 5.75 Å². The molecule has 2 heterocycles. The minimum Gasteiger partial charge on any atom is -0.406 e. The molecule has 11 nitrogen and oxygen atoms in total. The van der Waals surface area contributed by atoms with E-state index in [0.29, 0.717) is 0 Å². The standard InChI is InChI=1S/C13H9BrClF3N4OS.C13H9Cl2F3N4O2S/c1-2-24(23)11-9(5-19)21-22(12(11)20)10-7(14)3-6(4-8(10)15)13(16,17)18;1-2-25(23)11-9(5-19)21-22(12(11)20)10-7(14)3-6(4-8(10)15)24-13(16,17)18/h3-4H,2,20H2,1H3;3-4H,2,20H2,1H3. The normalized spacial score (nSPS) is 12.8. The van der Waals surface area contributed by atoms with E-state index < -0.39 is 45.5 Å². The van der Waals surface area contributed by atoms with E-state index in [9.17, 15) is 34.8 Å². The third kappa shape index (κ3) is 8.80. The summed E-state index contributed by atoms with van der Waals surface area (Å²) in [7, 11) is -3.16. The van der Waals surface area contributed by atoms with Crippen LogP contribution in [0.1, 0.15) is 30.8 Å². The van der Waals surface area contributed by atoms with Gasteiger partial charge >= 0.3 is 12.5 Å². The molecule has 0 spiro atoms. The van der Waals surface area contributed by atoms with Gasteiger partial charge < -0.3 is 16.2 Å². The molecule has 4 N–H and O–H groups in total. The Morgan fingerprint density at radius 1 is 0.816 bits per heavy atom. The van der Waals surface area contributed by atoms with Crippen molar-refractivity contribution in [3.63, 3.8) is 0 Å². The molecule has 49 heavy (non-hydrogen) atoms. The summed E-state index contributed by atoms with van der Waals surface area (Å²) in [6.07, 6.45) is -9.49. The lowest BCUT2D eigenvalue weighted by atomic mass is 10.2. The third-order valence-electron chi connectivity index (χ3n) is 5.94. The number of nitrogen functional groups attached to an aromatic ring is 2. The van der Waals surface area contributed by atoms with Crippen LogP contribution < -0.4 is 16.2 Å². The number of halogens is 10. The topological polar surface area (TPSA) is 179 Å². The van der Waals surface area contributed by atoms with Crippen LogP contribution in [0.25, 0.3) is 11.4 Å². The lowest BCUT2D eigenvalue weighted by molar-refractivity contribution is -0.274. The van der Waals surface area contributed by atoms with Gasteiger partial charge in [-0.2, -0.15) is 33.9 Å². The van der Waals surface area contributed by atoms with Crippen LogP contribution >= 0.6 is 50.7 Å². The first kappa shape index (κ1) is 39.9. The molecule has 2 aromatic carbocycles. The number of rotatable bonds is 7. The fourth-order valence-corrected chi connectivity index (χ4v) is 7.42. The first-order chi connectivity index (χ1) is 22.7. The highest BCUT2D eigenvalue weighted by Crippen LogP contribution is 2.40. The van der Waals surface area contributed by atoms with E-state index >= 15 is 0 Å². The van der Waals surface area contributed by atoms with Gasteiger partial charge in [0.25, 0.3) is 0 Å². The van der Waals surface area contributed by atoms with Crippen molar-refractivity contribution in [2.24, 2.45) is 0 Å². The van der Waals surface area contributed by atoms with Crippen molar-refractivity contribution in [2.45, 2.75) is 36.2 Å². The van der Waals surface area contributed by atoms with Crippen LogP contribution in [-0.2, 0) is 27.8 Å². The molecule has 0 bridgehead atoms. The Balaban J connectivity index is 0.000000266. The van der Waals surface area contributed by atoms with Crippen LogP contribution in [0.3, 0.4) is 0 Å². The average Bonchev–Trinajstić information content (AvgIpc) is 3.50. The largest absolute Gasteiger partial charge is 0.573 e. The zero-order chi connectivity index (χ0) is 37.2. The minimum absolute atomic E-state index is 0.00718. The summed E-state index contributed by atoms with van der Waals surface area (Å²) in [4.78, 5) is 0.0376. The smallest absolute Gasteiger partial charge is 0.406 e. The van der Waals surface area contributed by atoms with Gasteiger partial charge in [-0.25, -0.2) is 9.36 Å². The van der Waals surface area contributed by atoms with Crippen molar-refractivity contribution >= 4 is 84.0 Å². The summed E-state index contributed by atoms with van der Waals surface area (Å²) >= 11 is 20.9. The summed E-state index contributed by atoms with van der Waals surface area (Å²) in [5, 5.41) is 25.3. The number of hydrogen-bond acceptors (Lipinski definition) is 9. The van der Waals surface area contributed by atoms with Gasteiger partial charge in [-0.15, -0.1) is 13.2 Å². The van der Waals surface area contributed by atoms with Crippen LogP contribution in [0.2, 0.25) is 15.1 Å². The molecule has 2 aromatic heterocycles. The Labute approximate surface area is 301 Å². The predicted octanol–water partition coefficient (Wildman–Crippen LogP) is 7.55. The summed E-state index contributed by atoms with van der Waals surface area (Å²) in [5.74, 6) is -0.509. The second kappa shape index (κ2) is 15.6. The maximum absolute atomic E-state index is 12.8. The average molecular weight is 855 g/mol. The minimum atomic E-state index is -4.92. The second-order valence-corrected chi connectivity index (χ2v) is 14.4. The Kier molecular flexibility index (Phi) is 12.7. The van der Waals surface area contributed by atoms with Gasteiger partial charge in [0, 0.05) is 28.1 Å². The first-order valence-corrected chi connectivity index (χ1v) is 17.4. The Bertz CT molecular complexity index is 2010. The van der Waals surface area contributed by atoms with E-state index in [4.69, 9.17) is 56.8 Å². The third-order valence-corrected chi connectivity index (χ3v) is 10.2. The van der Waals surface area contributed by atoms with E-state index in [0.717, 1.165) is 33.6 Å². The van der Waals surface area contributed by atoms with Gasteiger partial charge in [0.05, 0.1) is 47.9 Å². The zero-order valence-corrected chi connectivity index (χ0v) is 29.9. The first-order valence-electron chi connectivity index (χ1n) is 12.9. The number of nitriles is 2. The maximum atomic E-state index is 12.8. The molecule has 0 aliphatic heterocycles. The number of nitrogens with zero attached hydrogens (tertiary/aromatic N) is 6. The summed E-state index contributed by atoms with van der Waals surface area (Å²) < 4.78 is 105. The monoisotopic (exact) mass is 852 g/mol. The van der Waals surface area contributed by atoms with Crippen molar-refractivity contribution in [1.29, 1.82) is 10.5 Å². The summed E-state index contributed by atoms with van der Waals surface area (Å²) in [5.41, 5.74) is 10.4. The van der Waals surface area contributed by atoms with Crippen LogP contribution in [0.15, 0.2) is 38.5 Å². The Morgan fingerprint density at radius 2 is 1.22 bits per heavy atom. The fourth-order valence-electron chi connectivity index (χ4n) is 3.93. The van der Waals surface area contributed by atoms with Crippen molar-refractivity contribution in [3.8, 4) is 29.3 Å². The summed E-state index contributed by atoms with van der Waals surface area (Å²) in [6, 6.07) is 6.83. The highest BCUT2D eigenvalue weighted by molar-refractivity contribution is 9.10. The van der Waals surface area contributed by atoms with E-state index in [1.54, 1.807) is 26.0 Å². The number of ether oxygens (including phenoxy) is 1. The maximum Gasteiger partial charge on any atom is 0.573 e. The van der Waals surface area contributed by atoms with Crippen molar-refractivity contribution in [1.82, 2.24) is 19.6 Å². The van der Waals surface area contributed by atoms with Gasteiger partial charge in [-0.1, -0.05) is 48.7 Å². The second-order valence-electron chi connectivity index (χ2n) is 9.01. The SMILES string of the molecule is CCS(=O)c1c(C#N)nn(-c2c(Cl)cc(C(F)(F)F)cc2Br)c1N.CCS(=O)c1c(C#N)nn(-c2c(Cl)cc(OC(F)(F)F)cc2Cl)c1N. The number of benzene rings is 2. The van der Waals surface area contributed by atoms with E-state index in [1.807, 2.05) is 0 Å².